The maximum absolute atomic E-state index is 12.2. The number of anilines is 5. The van der Waals surface area contributed by atoms with E-state index in [1.165, 1.54) is 0 Å². The van der Waals surface area contributed by atoms with Gasteiger partial charge in [-0.3, -0.25) is 4.79 Å². The average molecular weight is 404 g/mol. The highest BCUT2D eigenvalue weighted by Gasteiger charge is 2.23. The van der Waals surface area contributed by atoms with Crippen LogP contribution in [0.2, 0.25) is 0 Å². The van der Waals surface area contributed by atoms with Crippen molar-refractivity contribution in [3.05, 3.63) is 60.0 Å². The second-order valence-corrected chi connectivity index (χ2v) is 7.28. The van der Waals surface area contributed by atoms with E-state index >= 15 is 0 Å². The fourth-order valence-corrected chi connectivity index (χ4v) is 3.20. The average Bonchev–Trinajstić information content (AvgIpc) is 3.24. The number of benzene rings is 1. The number of carbonyl (C=O) groups is 1. The molecule has 0 spiro atoms. The maximum Gasteiger partial charge on any atom is 0.229 e. The zero-order chi connectivity index (χ0) is 20.9. The molecular formula is C22H24N6O2. The Balaban J connectivity index is 1.42. The zero-order valence-corrected chi connectivity index (χ0v) is 17.0. The lowest BCUT2D eigenvalue weighted by molar-refractivity contribution is -0.119. The molecule has 3 N–H and O–H groups in total. The van der Waals surface area contributed by atoms with Gasteiger partial charge in [0.2, 0.25) is 5.91 Å². The fraction of sp³-hybridized carbons (Fsp3) is 0.273. The van der Waals surface area contributed by atoms with E-state index in [-0.39, 0.29) is 11.8 Å². The molecule has 8 nitrogen and oxygen atoms in total. The summed E-state index contributed by atoms with van der Waals surface area (Å²) in [5, 5.41) is 9.42. The molecule has 0 radical (unpaired) electrons. The first-order chi connectivity index (χ1) is 14.5. The molecule has 3 aromatic rings. The molecule has 1 amide bonds. The van der Waals surface area contributed by atoms with E-state index in [9.17, 15) is 4.79 Å². The summed E-state index contributed by atoms with van der Waals surface area (Å²) < 4.78 is 5.27. The van der Waals surface area contributed by atoms with Crippen molar-refractivity contribution in [2.45, 2.75) is 20.3 Å². The van der Waals surface area contributed by atoms with E-state index in [1.54, 1.807) is 6.20 Å². The number of nitrogens with one attached hydrogen (secondary N) is 3. The molecule has 154 valence electrons. The van der Waals surface area contributed by atoms with Crippen LogP contribution in [0.3, 0.4) is 0 Å². The number of carbonyl (C=O) groups excluding carboxylic acids is 1. The lowest BCUT2D eigenvalue weighted by Crippen LogP contribution is -2.22. The van der Waals surface area contributed by atoms with Crippen LogP contribution in [0.25, 0.3) is 0 Å². The van der Waals surface area contributed by atoms with Gasteiger partial charge in [0, 0.05) is 30.2 Å². The highest BCUT2D eigenvalue weighted by molar-refractivity contribution is 5.93. The monoisotopic (exact) mass is 404 g/mol. The summed E-state index contributed by atoms with van der Waals surface area (Å²) in [6, 6.07) is 13.2. The molecule has 1 saturated heterocycles. The third-order valence-electron chi connectivity index (χ3n) is 4.73. The summed E-state index contributed by atoms with van der Waals surface area (Å²) >= 11 is 0. The number of hydrogen-bond donors (Lipinski definition) is 3. The minimum atomic E-state index is -0.0689. The Morgan fingerprint density at radius 2 is 1.70 bits per heavy atom. The van der Waals surface area contributed by atoms with Crippen LogP contribution in [0, 0.1) is 19.8 Å². The summed E-state index contributed by atoms with van der Waals surface area (Å²) in [5.41, 5.74) is 2.73. The minimum absolute atomic E-state index is 0.000101. The zero-order valence-electron chi connectivity index (χ0n) is 17.0. The SMILES string of the molecule is Cc1ccnc(Nc2cc(Nc3ccc(NC(=O)C4CCOC4)cc3)nc(C)n2)c1. The van der Waals surface area contributed by atoms with Crippen molar-refractivity contribution in [1.82, 2.24) is 15.0 Å². The summed E-state index contributed by atoms with van der Waals surface area (Å²) in [6.07, 6.45) is 2.53. The molecule has 1 unspecified atom stereocenters. The number of pyridine rings is 1. The highest BCUT2D eigenvalue weighted by Crippen LogP contribution is 2.22. The van der Waals surface area contributed by atoms with Gasteiger partial charge >= 0.3 is 0 Å². The molecule has 0 saturated carbocycles. The largest absolute Gasteiger partial charge is 0.381 e. The predicted octanol–water partition coefficient (Wildman–Crippen LogP) is 3.95. The smallest absolute Gasteiger partial charge is 0.229 e. The van der Waals surface area contributed by atoms with Crippen LogP contribution >= 0.6 is 0 Å². The van der Waals surface area contributed by atoms with Crippen LogP contribution in [0.15, 0.2) is 48.7 Å². The first-order valence-electron chi connectivity index (χ1n) is 9.86. The fourth-order valence-electron chi connectivity index (χ4n) is 3.20. The van der Waals surface area contributed by atoms with Gasteiger partial charge in [0.1, 0.15) is 23.3 Å². The number of ether oxygens (including phenoxy) is 1. The van der Waals surface area contributed by atoms with Crippen molar-refractivity contribution in [3.8, 4) is 0 Å². The number of aromatic nitrogens is 3. The Morgan fingerprint density at radius 1 is 0.967 bits per heavy atom. The molecule has 1 aromatic carbocycles. The Kier molecular flexibility index (Phi) is 5.85. The molecule has 2 aromatic heterocycles. The molecule has 1 aliphatic heterocycles. The van der Waals surface area contributed by atoms with E-state index < -0.39 is 0 Å². The van der Waals surface area contributed by atoms with Gasteiger partial charge in [0.15, 0.2) is 0 Å². The molecule has 8 heteroatoms. The van der Waals surface area contributed by atoms with Crippen molar-refractivity contribution >= 4 is 34.7 Å². The molecule has 30 heavy (non-hydrogen) atoms. The van der Waals surface area contributed by atoms with Crippen LogP contribution in [-0.2, 0) is 9.53 Å². The van der Waals surface area contributed by atoms with Gasteiger partial charge in [-0.25, -0.2) is 15.0 Å². The van der Waals surface area contributed by atoms with Crippen LogP contribution in [0.5, 0.6) is 0 Å². The van der Waals surface area contributed by atoms with Crippen molar-refractivity contribution in [3.63, 3.8) is 0 Å². The Bertz CT molecular complexity index is 1030. The van der Waals surface area contributed by atoms with Crippen LogP contribution in [-0.4, -0.2) is 34.1 Å². The summed E-state index contributed by atoms with van der Waals surface area (Å²) in [5.74, 6) is 2.62. The van der Waals surface area contributed by atoms with E-state index in [0.29, 0.717) is 30.7 Å². The van der Waals surface area contributed by atoms with E-state index in [2.05, 4.69) is 30.9 Å². The van der Waals surface area contributed by atoms with E-state index in [0.717, 1.165) is 29.2 Å². The summed E-state index contributed by atoms with van der Waals surface area (Å²) in [7, 11) is 0. The summed E-state index contributed by atoms with van der Waals surface area (Å²) in [4.78, 5) is 25.4. The van der Waals surface area contributed by atoms with Gasteiger partial charge in [-0.05, 0) is 62.2 Å². The van der Waals surface area contributed by atoms with Crippen LogP contribution < -0.4 is 16.0 Å². The van der Waals surface area contributed by atoms with Gasteiger partial charge in [0.25, 0.3) is 0 Å². The van der Waals surface area contributed by atoms with E-state index in [1.807, 2.05) is 56.3 Å². The van der Waals surface area contributed by atoms with Crippen molar-refractivity contribution in [2.75, 3.05) is 29.2 Å². The van der Waals surface area contributed by atoms with Crippen molar-refractivity contribution in [1.29, 1.82) is 0 Å². The molecule has 0 aliphatic carbocycles. The highest BCUT2D eigenvalue weighted by atomic mass is 16.5. The predicted molar refractivity (Wildman–Crippen MR) is 116 cm³/mol. The lowest BCUT2D eigenvalue weighted by atomic mass is 10.1. The second kappa shape index (κ2) is 8.87. The van der Waals surface area contributed by atoms with Crippen LogP contribution in [0.4, 0.5) is 28.8 Å². The third-order valence-corrected chi connectivity index (χ3v) is 4.73. The summed E-state index contributed by atoms with van der Waals surface area (Å²) in [6.45, 7) is 4.99. The number of nitrogens with zero attached hydrogens (tertiary/aromatic N) is 3. The van der Waals surface area contributed by atoms with E-state index in [4.69, 9.17) is 4.74 Å². The first kappa shape index (κ1) is 19.8. The maximum atomic E-state index is 12.2. The molecule has 4 rings (SSSR count). The molecule has 1 aliphatic rings. The lowest BCUT2D eigenvalue weighted by Gasteiger charge is -2.12. The Morgan fingerprint density at radius 3 is 2.40 bits per heavy atom. The number of hydrogen-bond acceptors (Lipinski definition) is 7. The Hall–Kier alpha value is -3.52. The van der Waals surface area contributed by atoms with Gasteiger partial charge in [-0.2, -0.15) is 0 Å². The molecule has 1 atom stereocenters. The number of amides is 1. The van der Waals surface area contributed by atoms with Crippen molar-refractivity contribution in [2.24, 2.45) is 5.92 Å². The first-order valence-corrected chi connectivity index (χ1v) is 9.86. The molecule has 3 heterocycles. The van der Waals surface area contributed by atoms with Gasteiger partial charge < -0.3 is 20.7 Å². The second-order valence-electron chi connectivity index (χ2n) is 7.28. The van der Waals surface area contributed by atoms with Gasteiger partial charge in [-0.15, -0.1) is 0 Å². The molecule has 1 fully saturated rings. The number of rotatable bonds is 6. The quantitative estimate of drug-likeness (QED) is 0.572. The van der Waals surface area contributed by atoms with Crippen LogP contribution in [0.1, 0.15) is 17.8 Å². The van der Waals surface area contributed by atoms with Crippen molar-refractivity contribution < 1.29 is 9.53 Å². The molecular weight excluding hydrogens is 380 g/mol. The normalized spacial score (nSPS) is 15.6. The Labute approximate surface area is 175 Å². The minimum Gasteiger partial charge on any atom is -0.381 e. The third kappa shape index (κ3) is 5.09. The standard InChI is InChI=1S/C22H24N6O2/c1-14-7-9-23-19(11-14)28-21-12-20(24-15(2)25-21)26-17-3-5-18(6-4-17)27-22(29)16-8-10-30-13-16/h3-7,9,11-12,16H,8,10,13H2,1-2H3,(H,27,29)(H2,23,24,25,26,28). The number of aryl methyl sites for hydroxylation is 2. The topological polar surface area (TPSA) is 101 Å². The molecule has 0 bridgehead atoms. The van der Waals surface area contributed by atoms with Gasteiger partial charge in [-0.1, -0.05) is 0 Å². The van der Waals surface area contributed by atoms with Gasteiger partial charge in [0.05, 0.1) is 12.5 Å².